The van der Waals surface area contributed by atoms with Gasteiger partial charge in [-0.25, -0.2) is 4.98 Å². The quantitative estimate of drug-likeness (QED) is 0.217. The lowest BCUT2D eigenvalue weighted by molar-refractivity contribution is -0.121. The number of ether oxygens (including phenoxy) is 2. The summed E-state index contributed by atoms with van der Waals surface area (Å²) in [7, 11) is 0. The van der Waals surface area contributed by atoms with E-state index in [1.165, 1.54) is 17.4 Å². The van der Waals surface area contributed by atoms with E-state index in [2.05, 4.69) is 16.9 Å². The lowest BCUT2D eigenvalue weighted by atomic mass is 10.1. The topological polar surface area (TPSA) is 80.8 Å². The van der Waals surface area contributed by atoms with Gasteiger partial charge in [-0.3, -0.25) is 14.9 Å². The third kappa shape index (κ3) is 5.99. The Kier molecular flexibility index (Phi) is 7.61. The fourth-order valence-electron chi connectivity index (χ4n) is 3.89. The van der Waals surface area contributed by atoms with Gasteiger partial charge in [0.2, 0.25) is 5.91 Å². The van der Waals surface area contributed by atoms with Gasteiger partial charge in [-0.05, 0) is 47.5 Å². The molecule has 5 rings (SSSR count). The summed E-state index contributed by atoms with van der Waals surface area (Å²) in [4.78, 5) is 30.9. The van der Waals surface area contributed by atoms with Gasteiger partial charge >= 0.3 is 0 Å². The first-order chi connectivity index (χ1) is 18.6. The van der Waals surface area contributed by atoms with Crippen LogP contribution in [0, 0.1) is 0 Å². The van der Waals surface area contributed by atoms with Crippen LogP contribution in [0.3, 0.4) is 0 Å². The van der Waals surface area contributed by atoms with Crippen molar-refractivity contribution >= 4 is 40.0 Å². The summed E-state index contributed by atoms with van der Waals surface area (Å²) in [6, 6.07) is 23.1. The Morgan fingerprint density at radius 1 is 1.13 bits per heavy atom. The van der Waals surface area contributed by atoms with E-state index in [0.717, 1.165) is 22.4 Å². The number of benzene rings is 3. The Hall–Kier alpha value is -4.69. The molecule has 0 unspecified atom stereocenters. The molecule has 3 aromatic carbocycles. The molecule has 1 N–H and O–H groups in total. The number of anilines is 2. The average Bonchev–Trinajstić information content (AvgIpc) is 3.41. The van der Waals surface area contributed by atoms with Crippen molar-refractivity contribution in [3.05, 3.63) is 108 Å². The number of thiazole rings is 1. The molecule has 1 aliphatic rings. The second kappa shape index (κ2) is 11.6. The molecule has 0 saturated carbocycles. The van der Waals surface area contributed by atoms with Crippen LogP contribution in [0.25, 0.3) is 17.3 Å². The van der Waals surface area contributed by atoms with Gasteiger partial charge in [0, 0.05) is 23.6 Å². The third-order valence-electron chi connectivity index (χ3n) is 5.80. The summed E-state index contributed by atoms with van der Waals surface area (Å²) in [5.41, 5.74) is 4.17. The number of amides is 2. The minimum absolute atomic E-state index is 0.00671. The number of nitrogens with one attached hydrogen (secondary N) is 1. The van der Waals surface area contributed by atoms with Gasteiger partial charge in [-0.2, -0.15) is 0 Å². The van der Waals surface area contributed by atoms with E-state index >= 15 is 0 Å². The van der Waals surface area contributed by atoms with Crippen molar-refractivity contribution in [1.82, 2.24) is 4.98 Å². The number of hydrogen-bond acceptors (Lipinski definition) is 6. The van der Waals surface area contributed by atoms with Crippen molar-refractivity contribution < 1.29 is 19.1 Å². The smallest absolute Gasteiger partial charge is 0.265 e. The maximum atomic E-state index is 12.5. The van der Waals surface area contributed by atoms with Gasteiger partial charge < -0.3 is 14.4 Å². The van der Waals surface area contributed by atoms with E-state index in [-0.39, 0.29) is 18.4 Å². The first kappa shape index (κ1) is 25.0. The first-order valence-electron chi connectivity index (χ1n) is 12.0. The third-order valence-corrected chi connectivity index (χ3v) is 6.56. The highest BCUT2D eigenvalue weighted by Gasteiger charge is 2.25. The Morgan fingerprint density at radius 3 is 2.74 bits per heavy atom. The van der Waals surface area contributed by atoms with Crippen molar-refractivity contribution in [1.29, 1.82) is 0 Å². The predicted molar refractivity (Wildman–Crippen MR) is 150 cm³/mol. The van der Waals surface area contributed by atoms with Gasteiger partial charge in [0.1, 0.15) is 18.1 Å². The number of hydrogen-bond donors (Lipinski definition) is 1. The summed E-state index contributed by atoms with van der Waals surface area (Å²) < 4.78 is 11.3. The molecule has 2 heterocycles. The molecule has 0 bridgehead atoms. The summed E-state index contributed by atoms with van der Waals surface area (Å²) in [6.45, 7) is 4.63. The summed E-state index contributed by atoms with van der Waals surface area (Å²) in [5, 5.41) is 5.14. The lowest BCUT2D eigenvalue weighted by Crippen LogP contribution is -2.38. The molecule has 38 heavy (non-hydrogen) atoms. The summed E-state index contributed by atoms with van der Waals surface area (Å²) in [6.07, 6.45) is 4.88. The van der Waals surface area contributed by atoms with Crippen LogP contribution in [-0.4, -0.2) is 29.9 Å². The predicted octanol–water partition coefficient (Wildman–Crippen LogP) is 5.95. The fraction of sp³-hybridized carbons (Fsp3) is 0.100. The van der Waals surface area contributed by atoms with Crippen LogP contribution in [0.4, 0.5) is 10.8 Å². The van der Waals surface area contributed by atoms with Gasteiger partial charge in [-0.15, -0.1) is 17.9 Å². The molecule has 0 aliphatic carbocycles. The van der Waals surface area contributed by atoms with E-state index in [4.69, 9.17) is 9.47 Å². The summed E-state index contributed by atoms with van der Waals surface area (Å²) >= 11 is 1.33. The van der Waals surface area contributed by atoms with Crippen molar-refractivity contribution in [2.45, 2.75) is 6.61 Å². The second-order valence-electron chi connectivity index (χ2n) is 8.47. The molecule has 8 heteroatoms. The minimum Gasteiger partial charge on any atom is -0.489 e. The molecule has 0 atom stereocenters. The highest BCUT2D eigenvalue weighted by atomic mass is 32.1. The summed E-state index contributed by atoms with van der Waals surface area (Å²) in [5.74, 6) is 0.996. The second-order valence-corrected chi connectivity index (χ2v) is 9.33. The molecular weight excluding hydrogens is 498 g/mol. The standard InChI is InChI=1S/C30H25N3O4S/c1-2-16-33-26-17-23(11-14-27(26)37-19-29(33)35)25-20-38-30(31-25)32-28(34)15-10-21-8-12-24(13-9-21)36-18-22-6-4-3-5-7-22/h2-15,17,20H,1,16,18-19H2,(H,31,32,34)/b15-10+. The maximum Gasteiger partial charge on any atom is 0.265 e. The fourth-order valence-corrected chi connectivity index (χ4v) is 4.61. The van der Waals surface area contributed by atoms with Gasteiger partial charge in [0.05, 0.1) is 11.4 Å². The van der Waals surface area contributed by atoms with Gasteiger partial charge in [0.15, 0.2) is 11.7 Å². The Morgan fingerprint density at radius 2 is 1.95 bits per heavy atom. The zero-order valence-electron chi connectivity index (χ0n) is 20.5. The largest absolute Gasteiger partial charge is 0.489 e. The zero-order valence-corrected chi connectivity index (χ0v) is 21.3. The van der Waals surface area contributed by atoms with Crippen LogP contribution in [0.5, 0.6) is 11.5 Å². The van der Waals surface area contributed by atoms with Gasteiger partial charge in [-0.1, -0.05) is 48.5 Å². The van der Waals surface area contributed by atoms with Crippen LogP contribution < -0.4 is 19.7 Å². The highest BCUT2D eigenvalue weighted by molar-refractivity contribution is 7.14. The van der Waals surface area contributed by atoms with E-state index in [0.29, 0.717) is 35.4 Å². The van der Waals surface area contributed by atoms with Crippen molar-refractivity contribution in [3.63, 3.8) is 0 Å². The van der Waals surface area contributed by atoms with Crippen LogP contribution in [0.15, 0.2) is 96.9 Å². The Bertz CT molecular complexity index is 1480. The number of nitrogens with zero attached hydrogens (tertiary/aromatic N) is 2. The molecule has 0 saturated heterocycles. The molecule has 7 nitrogen and oxygen atoms in total. The molecule has 2 amide bonds. The molecule has 1 aromatic heterocycles. The molecule has 1 aliphatic heterocycles. The van der Waals surface area contributed by atoms with E-state index in [1.807, 2.05) is 78.2 Å². The Labute approximate surface area is 224 Å². The van der Waals surface area contributed by atoms with E-state index < -0.39 is 0 Å². The molecule has 190 valence electrons. The van der Waals surface area contributed by atoms with Crippen molar-refractivity contribution in [2.24, 2.45) is 0 Å². The number of carbonyl (C=O) groups is 2. The maximum absolute atomic E-state index is 12.5. The van der Waals surface area contributed by atoms with Crippen LogP contribution in [0.1, 0.15) is 11.1 Å². The highest BCUT2D eigenvalue weighted by Crippen LogP contribution is 2.36. The minimum atomic E-state index is -0.281. The number of fused-ring (bicyclic) bond motifs is 1. The average molecular weight is 524 g/mol. The molecule has 4 aromatic rings. The van der Waals surface area contributed by atoms with Crippen molar-refractivity contribution in [2.75, 3.05) is 23.4 Å². The van der Waals surface area contributed by atoms with Crippen molar-refractivity contribution in [3.8, 4) is 22.8 Å². The number of aromatic nitrogens is 1. The Balaban J connectivity index is 1.19. The first-order valence-corrected chi connectivity index (χ1v) is 12.9. The van der Waals surface area contributed by atoms with E-state index in [9.17, 15) is 9.59 Å². The normalized spacial score (nSPS) is 12.6. The van der Waals surface area contributed by atoms with Crippen LogP contribution >= 0.6 is 11.3 Å². The lowest BCUT2D eigenvalue weighted by Gasteiger charge is -2.28. The molecule has 0 spiro atoms. The SMILES string of the molecule is C=CCN1C(=O)COc2ccc(-c3csc(NC(=O)/C=C/c4ccc(OCc5ccccc5)cc4)n3)cc21. The van der Waals surface area contributed by atoms with Crippen LogP contribution in [-0.2, 0) is 16.2 Å². The number of rotatable bonds is 9. The molecule has 0 fully saturated rings. The van der Waals surface area contributed by atoms with Gasteiger partial charge in [0.25, 0.3) is 5.91 Å². The van der Waals surface area contributed by atoms with E-state index in [1.54, 1.807) is 17.1 Å². The monoisotopic (exact) mass is 523 g/mol. The zero-order chi connectivity index (χ0) is 26.3. The molecule has 0 radical (unpaired) electrons. The number of carbonyl (C=O) groups excluding carboxylic acids is 2. The van der Waals surface area contributed by atoms with Crippen LogP contribution in [0.2, 0.25) is 0 Å². The molecular formula is C30H25N3O4S.